The molecular weight excluding hydrogens is 192 g/mol. The first-order valence-corrected chi connectivity index (χ1v) is 5.81. The fourth-order valence-electron chi connectivity index (χ4n) is 1.55. The quantitative estimate of drug-likeness (QED) is 0.509. The summed E-state index contributed by atoms with van der Waals surface area (Å²) in [5.41, 5.74) is 11.2. The summed E-state index contributed by atoms with van der Waals surface area (Å²) in [5.74, 6) is -0.962. The Hall–Kier alpha value is -0.610. The van der Waals surface area contributed by atoms with Gasteiger partial charge in [-0.2, -0.15) is 0 Å². The van der Waals surface area contributed by atoms with E-state index in [1.54, 1.807) is 0 Å². The summed E-state index contributed by atoms with van der Waals surface area (Å²) in [6.07, 6.45) is 7.26. The topological polar surface area (TPSA) is 89.3 Å². The van der Waals surface area contributed by atoms with E-state index in [-0.39, 0.29) is 6.04 Å². The van der Waals surface area contributed by atoms with Gasteiger partial charge in [0, 0.05) is 6.04 Å². The van der Waals surface area contributed by atoms with Crippen LogP contribution < -0.4 is 11.5 Å². The summed E-state index contributed by atoms with van der Waals surface area (Å²) in [7, 11) is 0. The number of aliphatic carboxylic acids is 1. The molecule has 0 spiro atoms. The summed E-state index contributed by atoms with van der Waals surface area (Å²) in [4.78, 5) is 10.5. The lowest BCUT2D eigenvalue weighted by Crippen LogP contribution is -2.37. The number of carboxylic acid groups (broad SMARTS) is 1. The van der Waals surface area contributed by atoms with Crippen molar-refractivity contribution in [3.63, 3.8) is 0 Å². The number of hydrogen-bond donors (Lipinski definition) is 3. The summed E-state index contributed by atoms with van der Waals surface area (Å²) in [6, 6.07) is -0.881. The van der Waals surface area contributed by atoms with Gasteiger partial charge in [-0.1, -0.05) is 39.0 Å². The van der Waals surface area contributed by atoms with Gasteiger partial charge in [0.25, 0.3) is 0 Å². The molecule has 5 N–H and O–H groups in total. The van der Waals surface area contributed by atoms with Crippen molar-refractivity contribution in [1.82, 2.24) is 0 Å². The highest BCUT2D eigenvalue weighted by Gasteiger charge is 2.15. The van der Waals surface area contributed by atoms with Gasteiger partial charge in [0.05, 0.1) is 0 Å². The van der Waals surface area contributed by atoms with Crippen LogP contribution in [0.25, 0.3) is 0 Å². The Bertz CT molecular complexity index is 174. The first-order chi connectivity index (χ1) is 7.07. The number of carbonyl (C=O) groups is 1. The normalized spacial score (nSPS) is 14.9. The third kappa shape index (κ3) is 8.39. The molecule has 0 aliphatic carbocycles. The molecule has 0 bridgehead atoms. The number of carboxylic acids is 1. The van der Waals surface area contributed by atoms with E-state index in [1.165, 1.54) is 25.7 Å². The molecule has 0 aromatic rings. The molecule has 4 heteroatoms. The molecule has 0 saturated carbocycles. The maximum Gasteiger partial charge on any atom is 0.320 e. The highest BCUT2D eigenvalue weighted by molar-refractivity contribution is 5.73. The zero-order valence-corrected chi connectivity index (χ0v) is 9.61. The molecule has 0 aliphatic heterocycles. The second-order valence-electron chi connectivity index (χ2n) is 4.14. The molecule has 2 unspecified atom stereocenters. The van der Waals surface area contributed by atoms with Crippen molar-refractivity contribution < 1.29 is 9.90 Å². The van der Waals surface area contributed by atoms with Gasteiger partial charge < -0.3 is 16.6 Å². The Balaban J connectivity index is 3.40. The van der Waals surface area contributed by atoms with Crippen LogP contribution in [0.2, 0.25) is 0 Å². The highest BCUT2D eigenvalue weighted by atomic mass is 16.4. The van der Waals surface area contributed by atoms with Crippen molar-refractivity contribution in [2.45, 2.75) is 64.0 Å². The van der Waals surface area contributed by atoms with Crippen LogP contribution in [-0.2, 0) is 4.79 Å². The van der Waals surface area contributed by atoms with Crippen LogP contribution in [0, 0.1) is 0 Å². The van der Waals surface area contributed by atoms with Crippen molar-refractivity contribution in [1.29, 1.82) is 0 Å². The second-order valence-corrected chi connectivity index (χ2v) is 4.14. The summed E-state index contributed by atoms with van der Waals surface area (Å²) in [6.45, 7) is 2.18. The fourth-order valence-corrected chi connectivity index (χ4v) is 1.55. The van der Waals surface area contributed by atoms with E-state index in [0.29, 0.717) is 6.42 Å². The average molecular weight is 216 g/mol. The molecule has 0 rings (SSSR count). The molecule has 0 fully saturated rings. The van der Waals surface area contributed by atoms with Crippen molar-refractivity contribution in [2.24, 2.45) is 11.5 Å². The minimum atomic E-state index is -0.962. The third-order valence-corrected chi connectivity index (χ3v) is 2.55. The minimum absolute atomic E-state index is 0.0715. The standard InChI is InChI=1S/C11H24N2O2/c1-2-3-4-5-6-7-9(12)8-10(13)11(14)15/h9-10H,2-8,12-13H2,1H3,(H,14,15). The van der Waals surface area contributed by atoms with Gasteiger partial charge in [0.15, 0.2) is 0 Å². The molecule has 4 nitrogen and oxygen atoms in total. The van der Waals surface area contributed by atoms with Gasteiger partial charge in [-0.15, -0.1) is 0 Å². The van der Waals surface area contributed by atoms with Gasteiger partial charge in [-0.05, 0) is 12.8 Å². The van der Waals surface area contributed by atoms with Crippen LogP contribution in [-0.4, -0.2) is 23.2 Å². The Kier molecular flexibility index (Phi) is 8.33. The van der Waals surface area contributed by atoms with Gasteiger partial charge in [-0.3, -0.25) is 4.79 Å². The number of rotatable bonds is 9. The molecular formula is C11H24N2O2. The minimum Gasteiger partial charge on any atom is -0.480 e. The first-order valence-electron chi connectivity index (χ1n) is 5.81. The summed E-state index contributed by atoms with van der Waals surface area (Å²) >= 11 is 0. The number of unbranched alkanes of at least 4 members (excludes halogenated alkanes) is 4. The zero-order valence-electron chi connectivity index (χ0n) is 9.61. The summed E-state index contributed by atoms with van der Waals surface area (Å²) in [5, 5.41) is 8.59. The molecule has 0 aliphatic rings. The van der Waals surface area contributed by atoms with Gasteiger partial charge in [-0.25, -0.2) is 0 Å². The predicted octanol–water partition coefficient (Wildman–Crippen LogP) is 1.48. The van der Waals surface area contributed by atoms with Gasteiger partial charge in [0.2, 0.25) is 0 Å². The monoisotopic (exact) mass is 216 g/mol. The molecule has 0 amide bonds. The Morgan fingerprint density at radius 3 is 2.33 bits per heavy atom. The van der Waals surface area contributed by atoms with E-state index >= 15 is 0 Å². The van der Waals surface area contributed by atoms with Crippen molar-refractivity contribution in [2.75, 3.05) is 0 Å². The lowest BCUT2D eigenvalue weighted by Gasteiger charge is -2.13. The predicted molar refractivity (Wildman–Crippen MR) is 61.6 cm³/mol. The van der Waals surface area contributed by atoms with E-state index in [4.69, 9.17) is 16.6 Å². The zero-order chi connectivity index (χ0) is 11.7. The largest absolute Gasteiger partial charge is 0.480 e. The molecule has 0 aromatic heterocycles. The fraction of sp³-hybridized carbons (Fsp3) is 0.909. The molecule has 0 aromatic carbocycles. The molecule has 15 heavy (non-hydrogen) atoms. The van der Waals surface area contributed by atoms with E-state index in [0.717, 1.165) is 12.8 Å². The van der Waals surface area contributed by atoms with Crippen molar-refractivity contribution in [3.8, 4) is 0 Å². The smallest absolute Gasteiger partial charge is 0.320 e. The van der Waals surface area contributed by atoms with Crippen LogP contribution in [0.5, 0.6) is 0 Å². The Labute approximate surface area is 92.0 Å². The molecule has 2 atom stereocenters. The van der Waals surface area contributed by atoms with Crippen LogP contribution >= 0.6 is 0 Å². The first kappa shape index (κ1) is 14.4. The van der Waals surface area contributed by atoms with Crippen molar-refractivity contribution in [3.05, 3.63) is 0 Å². The molecule has 0 radical (unpaired) electrons. The highest BCUT2D eigenvalue weighted by Crippen LogP contribution is 2.08. The van der Waals surface area contributed by atoms with E-state index in [9.17, 15) is 4.79 Å². The van der Waals surface area contributed by atoms with Crippen LogP contribution in [0.3, 0.4) is 0 Å². The van der Waals surface area contributed by atoms with E-state index < -0.39 is 12.0 Å². The maximum absolute atomic E-state index is 10.5. The maximum atomic E-state index is 10.5. The van der Waals surface area contributed by atoms with Crippen LogP contribution in [0.15, 0.2) is 0 Å². The van der Waals surface area contributed by atoms with Crippen molar-refractivity contribution >= 4 is 5.97 Å². The summed E-state index contributed by atoms with van der Waals surface area (Å²) < 4.78 is 0. The van der Waals surface area contributed by atoms with Gasteiger partial charge >= 0.3 is 5.97 Å². The van der Waals surface area contributed by atoms with E-state index in [1.807, 2.05) is 0 Å². The molecule has 0 saturated heterocycles. The lowest BCUT2D eigenvalue weighted by molar-refractivity contribution is -0.138. The SMILES string of the molecule is CCCCCCCC(N)CC(N)C(=O)O. The molecule has 90 valence electrons. The Morgan fingerprint density at radius 2 is 1.80 bits per heavy atom. The molecule has 0 heterocycles. The Morgan fingerprint density at radius 1 is 1.20 bits per heavy atom. The second kappa shape index (κ2) is 8.68. The number of hydrogen-bond acceptors (Lipinski definition) is 3. The third-order valence-electron chi connectivity index (χ3n) is 2.55. The van der Waals surface area contributed by atoms with Gasteiger partial charge in [0.1, 0.15) is 6.04 Å². The van der Waals surface area contributed by atoms with Crippen LogP contribution in [0.1, 0.15) is 51.9 Å². The number of nitrogens with two attached hydrogens (primary N) is 2. The van der Waals surface area contributed by atoms with Crippen LogP contribution in [0.4, 0.5) is 0 Å². The lowest BCUT2D eigenvalue weighted by atomic mass is 10.0. The van der Waals surface area contributed by atoms with E-state index in [2.05, 4.69) is 6.92 Å². The average Bonchev–Trinajstić information content (AvgIpc) is 2.17.